The topological polar surface area (TPSA) is 115 Å². The predicted octanol–water partition coefficient (Wildman–Crippen LogP) is 0.584. The van der Waals surface area contributed by atoms with Crippen LogP contribution in [-0.4, -0.2) is 50.6 Å². The number of hydrogen-bond acceptors (Lipinski definition) is 8. The van der Waals surface area contributed by atoms with Crippen LogP contribution in [0.15, 0.2) is 28.4 Å². The summed E-state index contributed by atoms with van der Waals surface area (Å²) in [6.07, 6.45) is 0. The number of benzene rings is 1. The number of imide groups is 1. The van der Waals surface area contributed by atoms with Gasteiger partial charge in [-0.05, 0) is 18.2 Å². The lowest BCUT2D eigenvalue weighted by Crippen LogP contribution is -2.32. The summed E-state index contributed by atoms with van der Waals surface area (Å²) < 4.78 is 9.28. The standard InChI is InChI=1S/C15H13N3O6/c1-23-14(21)7-3-8(15(22)24-2)5-9(4-7)18-12(19)10-6-16-17-11(10)13(18)20/h3-5,10-11H,6H2,1-2H3/t10-,11+/m0/s1. The third kappa shape index (κ3) is 2.34. The van der Waals surface area contributed by atoms with Crippen LogP contribution >= 0.6 is 0 Å². The number of methoxy groups -OCH3 is 2. The first kappa shape index (κ1) is 15.8. The van der Waals surface area contributed by atoms with Gasteiger partial charge >= 0.3 is 11.9 Å². The number of carbonyl (C=O) groups is 4. The number of esters is 2. The second-order valence-corrected chi connectivity index (χ2v) is 5.25. The van der Waals surface area contributed by atoms with Crippen molar-refractivity contribution in [1.29, 1.82) is 0 Å². The average Bonchev–Trinajstić information content (AvgIpc) is 3.17. The van der Waals surface area contributed by atoms with E-state index < -0.39 is 35.7 Å². The highest BCUT2D eigenvalue weighted by Gasteiger charge is 2.51. The van der Waals surface area contributed by atoms with Crippen LogP contribution in [0.2, 0.25) is 0 Å². The summed E-state index contributed by atoms with van der Waals surface area (Å²) in [6.45, 7) is 0.145. The van der Waals surface area contributed by atoms with Gasteiger partial charge in [-0.3, -0.25) is 9.59 Å². The summed E-state index contributed by atoms with van der Waals surface area (Å²) in [5, 5.41) is 7.51. The third-order valence-corrected chi connectivity index (χ3v) is 3.89. The molecule has 0 N–H and O–H groups in total. The molecule has 1 saturated heterocycles. The maximum absolute atomic E-state index is 12.5. The summed E-state index contributed by atoms with van der Waals surface area (Å²) in [7, 11) is 2.37. The van der Waals surface area contributed by atoms with E-state index in [2.05, 4.69) is 19.7 Å². The molecule has 0 unspecified atom stereocenters. The molecule has 2 aliphatic rings. The lowest BCUT2D eigenvalue weighted by Gasteiger charge is -2.16. The SMILES string of the molecule is COC(=O)c1cc(C(=O)OC)cc(N2C(=O)[C@H]3CN=N[C@H]3C2=O)c1. The number of nitrogens with zero attached hydrogens (tertiary/aromatic N) is 3. The summed E-state index contributed by atoms with van der Waals surface area (Å²) in [5.41, 5.74) is 0.141. The van der Waals surface area contributed by atoms with Crippen molar-refractivity contribution in [1.82, 2.24) is 0 Å². The quantitative estimate of drug-likeness (QED) is 0.591. The predicted molar refractivity (Wildman–Crippen MR) is 78.6 cm³/mol. The number of hydrogen-bond donors (Lipinski definition) is 0. The Morgan fingerprint density at radius 2 is 1.62 bits per heavy atom. The molecule has 2 aliphatic heterocycles. The van der Waals surface area contributed by atoms with Gasteiger partial charge in [-0.25, -0.2) is 14.5 Å². The molecule has 0 bridgehead atoms. The van der Waals surface area contributed by atoms with Gasteiger partial charge < -0.3 is 9.47 Å². The van der Waals surface area contributed by atoms with Crippen molar-refractivity contribution in [3.63, 3.8) is 0 Å². The lowest BCUT2D eigenvalue weighted by molar-refractivity contribution is -0.122. The van der Waals surface area contributed by atoms with Crippen LogP contribution in [0.4, 0.5) is 5.69 Å². The molecule has 124 valence electrons. The number of ether oxygens (including phenoxy) is 2. The molecule has 0 saturated carbocycles. The van der Waals surface area contributed by atoms with Crippen molar-refractivity contribution >= 4 is 29.4 Å². The number of amides is 2. The fraction of sp³-hybridized carbons (Fsp3) is 0.333. The van der Waals surface area contributed by atoms with Crippen LogP contribution in [-0.2, 0) is 19.1 Å². The Bertz CT molecular complexity index is 753. The van der Waals surface area contributed by atoms with Gasteiger partial charge in [0.1, 0.15) is 0 Å². The minimum Gasteiger partial charge on any atom is -0.465 e. The monoisotopic (exact) mass is 331 g/mol. The molecule has 0 aromatic heterocycles. The van der Waals surface area contributed by atoms with E-state index in [1.807, 2.05) is 0 Å². The molecule has 0 radical (unpaired) electrons. The molecule has 1 aromatic carbocycles. The average molecular weight is 331 g/mol. The number of carbonyl (C=O) groups excluding carboxylic acids is 4. The smallest absolute Gasteiger partial charge is 0.337 e. The lowest BCUT2D eigenvalue weighted by atomic mass is 10.1. The van der Waals surface area contributed by atoms with Crippen molar-refractivity contribution in [3.8, 4) is 0 Å². The number of fused-ring (bicyclic) bond motifs is 1. The Labute approximate surface area is 136 Å². The van der Waals surface area contributed by atoms with Crippen LogP contribution in [0.5, 0.6) is 0 Å². The molecule has 3 rings (SSSR count). The zero-order valence-corrected chi connectivity index (χ0v) is 12.9. The Morgan fingerprint density at radius 3 is 2.12 bits per heavy atom. The van der Waals surface area contributed by atoms with Gasteiger partial charge in [0.15, 0.2) is 6.04 Å². The van der Waals surface area contributed by atoms with E-state index in [1.54, 1.807) is 0 Å². The molecule has 24 heavy (non-hydrogen) atoms. The zero-order valence-electron chi connectivity index (χ0n) is 12.9. The molecule has 0 spiro atoms. The second kappa shape index (κ2) is 5.84. The minimum absolute atomic E-state index is 0.0229. The number of anilines is 1. The summed E-state index contributed by atoms with van der Waals surface area (Å²) >= 11 is 0. The van der Waals surface area contributed by atoms with E-state index in [9.17, 15) is 19.2 Å². The minimum atomic E-state index is -0.846. The van der Waals surface area contributed by atoms with Gasteiger partial charge in [0.05, 0.1) is 43.5 Å². The van der Waals surface area contributed by atoms with Crippen LogP contribution < -0.4 is 4.90 Å². The van der Waals surface area contributed by atoms with Gasteiger partial charge in [-0.1, -0.05) is 0 Å². The molecular formula is C15H13N3O6. The van der Waals surface area contributed by atoms with E-state index in [0.717, 1.165) is 4.90 Å². The van der Waals surface area contributed by atoms with E-state index >= 15 is 0 Å². The zero-order chi connectivity index (χ0) is 17.4. The molecule has 2 atom stereocenters. The molecule has 2 heterocycles. The fourth-order valence-electron chi connectivity index (χ4n) is 2.71. The van der Waals surface area contributed by atoms with Crippen molar-refractivity contribution < 1.29 is 28.7 Å². The molecule has 0 aliphatic carbocycles. The molecule has 1 aromatic rings. The van der Waals surface area contributed by atoms with E-state index in [4.69, 9.17) is 0 Å². The van der Waals surface area contributed by atoms with Gasteiger partial charge in [-0.2, -0.15) is 10.2 Å². The van der Waals surface area contributed by atoms with Crippen LogP contribution in [0.3, 0.4) is 0 Å². The van der Waals surface area contributed by atoms with Gasteiger partial charge in [0.25, 0.3) is 5.91 Å². The maximum Gasteiger partial charge on any atom is 0.337 e. The highest BCUT2D eigenvalue weighted by atomic mass is 16.5. The summed E-state index contributed by atoms with van der Waals surface area (Å²) in [5.74, 6) is -3.06. The second-order valence-electron chi connectivity index (χ2n) is 5.25. The Kier molecular flexibility index (Phi) is 3.84. The van der Waals surface area contributed by atoms with E-state index in [-0.39, 0.29) is 23.4 Å². The summed E-state index contributed by atoms with van der Waals surface area (Å²) in [6, 6.07) is 3.05. The van der Waals surface area contributed by atoms with Gasteiger partial charge in [0.2, 0.25) is 5.91 Å². The maximum atomic E-state index is 12.5. The third-order valence-electron chi connectivity index (χ3n) is 3.89. The molecular weight excluding hydrogens is 318 g/mol. The van der Waals surface area contributed by atoms with Crippen molar-refractivity contribution in [2.75, 3.05) is 25.7 Å². The van der Waals surface area contributed by atoms with Crippen LogP contribution in [0.25, 0.3) is 0 Å². The molecule has 9 nitrogen and oxygen atoms in total. The summed E-state index contributed by atoms with van der Waals surface area (Å²) in [4.78, 5) is 49.4. The van der Waals surface area contributed by atoms with E-state index in [0.29, 0.717) is 0 Å². The van der Waals surface area contributed by atoms with Gasteiger partial charge in [-0.15, -0.1) is 0 Å². The Balaban J connectivity index is 2.08. The van der Waals surface area contributed by atoms with E-state index in [1.165, 1.54) is 32.4 Å². The fourth-order valence-corrected chi connectivity index (χ4v) is 2.71. The van der Waals surface area contributed by atoms with Crippen molar-refractivity contribution in [2.45, 2.75) is 6.04 Å². The number of azo groups is 1. The number of rotatable bonds is 3. The van der Waals surface area contributed by atoms with Crippen LogP contribution in [0.1, 0.15) is 20.7 Å². The first-order valence-corrected chi connectivity index (χ1v) is 7.04. The highest BCUT2D eigenvalue weighted by Crippen LogP contribution is 2.33. The Morgan fingerprint density at radius 1 is 1.04 bits per heavy atom. The normalized spacial score (nSPS) is 21.8. The molecule has 2 amide bonds. The van der Waals surface area contributed by atoms with Gasteiger partial charge in [0, 0.05) is 0 Å². The Hall–Kier alpha value is -3.10. The largest absolute Gasteiger partial charge is 0.465 e. The molecule has 1 fully saturated rings. The van der Waals surface area contributed by atoms with Crippen molar-refractivity contribution in [3.05, 3.63) is 29.3 Å². The highest BCUT2D eigenvalue weighted by molar-refractivity contribution is 6.24. The van der Waals surface area contributed by atoms with Crippen molar-refractivity contribution in [2.24, 2.45) is 16.1 Å². The molecule has 9 heteroatoms. The first-order chi connectivity index (χ1) is 11.5. The first-order valence-electron chi connectivity index (χ1n) is 7.04. The van der Waals surface area contributed by atoms with Crippen LogP contribution in [0, 0.1) is 5.92 Å².